The van der Waals surface area contributed by atoms with E-state index >= 15 is 0 Å². The molecule has 116 valence electrons. The highest BCUT2D eigenvalue weighted by molar-refractivity contribution is 7.13. The molecule has 0 spiro atoms. The van der Waals surface area contributed by atoms with Crippen molar-refractivity contribution in [2.45, 2.75) is 13.0 Å². The number of hydrogen-bond donors (Lipinski definition) is 0. The van der Waals surface area contributed by atoms with Gasteiger partial charge in [-0.3, -0.25) is 4.79 Å². The van der Waals surface area contributed by atoms with Crippen LogP contribution in [0.5, 0.6) is 5.75 Å². The van der Waals surface area contributed by atoms with Crippen LogP contribution in [0.1, 0.15) is 17.4 Å². The van der Waals surface area contributed by atoms with Crippen molar-refractivity contribution < 1.29 is 14.3 Å². The molecule has 1 amide bonds. The number of ether oxygens (including phenoxy) is 2. The van der Waals surface area contributed by atoms with Gasteiger partial charge in [0.15, 0.2) is 0 Å². The van der Waals surface area contributed by atoms with E-state index < -0.39 is 0 Å². The maximum absolute atomic E-state index is 12.5. The van der Waals surface area contributed by atoms with Crippen molar-refractivity contribution in [2.24, 2.45) is 0 Å². The van der Waals surface area contributed by atoms with Crippen molar-refractivity contribution in [2.75, 3.05) is 26.8 Å². The molecule has 0 N–H and O–H groups in total. The predicted molar refractivity (Wildman–Crippen MR) is 85.4 cm³/mol. The summed E-state index contributed by atoms with van der Waals surface area (Å²) in [4.78, 5) is 18.8. The van der Waals surface area contributed by atoms with Crippen LogP contribution in [0.25, 0.3) is 10.6 Å². The second-order valence-corrected chi connectivity index (χ2v) is 6.06. The van der Waals surface area contributed by atoms with Gasteiger partial charge < -0.3 is 14.4 Å². The largest absolute Gasteiger partial charge is 0.497 e. The molecule has 1 aromatic carbocycles. The molecule has 3 rings (SSSR count). The van der Waals surface area contributed by atoms with Gasteiger partial charge in [0, 0.05) is 24.0 Å². The van der Waals surface area contributed by atoms with Gasteiger partial charge in [-0.25, -0.2) is 4.98 Å². The minimum absolute atomic E-state index is 0.0221. The summed E-state index contributed by atoms with van der Waals surface area (Å²) in [5, 5.41) is 2.66. The third kappa shape index (κ3) is 3.13. The zero-order valence-electron chi connectivity index (χ0n) is 12.6. The molecule has 1 saturated heterocycles. The molecule has 5 nitrogen and oxygen atoms in total. The molecule has 0 aliphatic carbocycles. The minimum atomic E-state index is -0.0221. The monoisotopic (exact) mass is 318 g/mol. The van der Waals surface area contributed by atoms with E-state index in [1.807, 2.05) is 36.6 Å². The maximum atomic E-state index is 12.5. The first-order valence-electron chi connectivity index (χ1n) is 7.18. The molecule has 1 aromatic heterocycles. The topological polar surface area (TPSA) is 51.7 Å². The third-order valence-electron chi connectivity index (χ3n) is 3.59. The molecule has 0 unspecified atom stereocenters. The predicted octanol–water partition coefficient (Wildman–Crippen LogP) is 2.68. The number of carbonyl (C=O) groups excluding carboxylic acids is 1. The van der Waals surface area contributed by atoms with Crippen LogP contribution in [0.2, 0.25) is 0 Å². The van der Waals surface area contributed by atoms with E-state index in [4.69, 9.17) is 9.47 Å². The standard InChI is InChI=1S/C16H18N2O3S/c1-11-9-18(7-8-21-11)16(19)14-10-22-15(17-14)12-3-5-13(20-2)6-4-12/h3-6,10-11H,7-9H2,1-2H3/t11-/m1/s1. The first kappa shape index (κ1) is 15.0. The van der Waals surface area contributed by atoms with Crippen molar-refractivity contribution >= 4 is 17.2 Å². The highest BCUT2D eigenvalue weighted by Gasteiger charge is 2.24. The van der Waals surface area contributed by atoms with E-state index in [1.165, 1.54) is 11.3 Å². The van der Waals surface area contributed by atoms with Gasteiger partial charge in [-0.1, -0.05) is 0 Å². The number of aromatic nitrogens is 1. The molecule has 0 bridgehead atoms. The van der Waals surface area contributed by atoms with Crippen LogP contribution in [0.15, 0.2) is 29.6 Å². The lowest BCUT2D eigenvalue weighted by molar-refractivity contribution is -0.0126. The zero-order valence-corrected chi connectivity index (χ0v) is 13.4. The van der Waals surface area contributed by atoms with Crippen LogP contribution in [0.3, 0.4) is 0 Å². The van der Waals surface area contributed by atoms with Crippen LogP contribution in [-0.2, 0) is 4.74 Å². The molecule has 1 atom stereocenters. The highest BCUT2D eigenvalue weighted by atomic mass is 32.1. The Morgan fingerprint density at radius 1 is 1.41 bits per heavy atom. The third-order valence-corrected chi connectivity index (χ3v) is 4.48. The molecular formula is C16H18N2O3S. The SMILES string of the molecule is COc1ccc(-c2nc(C(=O)N3CCO[C@H](C)C3)cs2)cc1. The highest BCUT2D eigenvalue weighted by Crippen LogP contribution is 2.26. The molecule has 6 heteroatoms. The fourth-order valence-corrected chi connectivity index (χ4v) is 3.20. The quantitative estimate of drug-likeness (QED) is 0.873. The minimum Gasteiger partial charge on any atom is -0.497 e. The van der Waals surface area contributed by atoms with Crippen LogP contribution >= 0.6 is 11.3 Å². The molecule has 2 aromatic rings. The molecule has 1 aliphatic heterocycles. The van der Waals surface area contributed by atoms with Gasteiger partial charge in [0.25, 0.3) is 5.91 Å². The van der Waals surface area contributed by atoms with E-state index in [0.717, 1.165) is 16.3 Å². The number of hydrogen-bond acceptors (Lipinski definition) is 5. The number of rotatable bonds is 3. The summed E-state index contributed by atoms with van der Waals surface area (Å²) in [6.45, 7) is 3.80. The van der Waals surface area contributed by atoms with Crippen molar-refractivity contribution in [1.29, 1.82) is 0 Å². The second-order valence-electron chi connectivity index (χ2n) is 5.20. The zero-order chi connectivity index (χ0) is 15.5. The average Bonchev–Trinajstić information content (AvgIpc) is 3.04. The van der Waals surface area contributed by atoms with Gasteiger partial charge in [-0.2, -0.15) is 0 Å². The van der Waals surface area contributed by atoms with Crippen LogP contribution in [0.4, 0.5) is 0 Å². The molecule has 0 radical (unpaired) electrons. The fraction of sp³-hybridized carbons (Fsp3) is 0.375. The van der Waals surface area contributed by atoms with Crippen molar-refractivity contribution in [3.63, 3.8) is 0 Å². The van der Waals surface area contributed by atoms with Gasteiger partial charge in [0.2, 0.25) is 0 Å². The number of methoxy groups -OCH3 is 1. The maximum Gasteiger partial charge on any atom is 0.273 e. The lowest BCUT2D eigenvalue weighted by Crippen LogP contribution is -2.44. The van der Waals surface area contributed by atoms with E-state index in [2.05, 4.69) is 4.98 Å². The van der Waals surface area contributed by atoms with Crippen LogP contribution < -0.4 is 4.74 Å². The molecule has 1 fully saturated rings. The van der Waals surface area contributed by atoms with E-state index in [-0.39, 0.29) is 12.0 Å². The number of morpholine rings is 1. The lowest BCUT2D eigenvalue weighted by atomic mass is 10.2. The summed E-state index contributed by atoms with van der Waals surface area (Å²) < 4.78 is 10.6. The molecule has 2 heterocycles. The number of carbonyl (C=O) groups is 1. The first-order chi connectivity index (χ1) is 10.7. The number of amides is 1. The molecular weight excluding hydrogens is 300 g/mol. The summed E-state index contributed by atoms with van der Waals surface area (Å²) in [6.07, 6.45) is 0.0809. The summed E-state index contributed by atoms with van der Waals surface area (Å²) in [5.41, 5.74) is 1.49. The van der Waals surface area contributed by atoms with Crippen LogP contribution in [-0.4, -0.2) is 48.7 Å². The Morgan fingerprint density at radius 3 is 2.86 bits per heavy atom. The number of thiazole rings is 1. The molecule has 1 aliphatic rings. The summed E-state index contributed by atoms with van der Waals surface area (Å²) in [5.74, 6) is 0.782. The fourth-order valence-electron chi connectivity index (χ4n) is 2.40. The Hall–Kier alpha value is -1.92. The Balaban J connectivity index is 1.76. The van der Waals surface area contributed by atoms with Crippen LogP contribution in [0, 0.1) is 0 Å². The van der Waals surface area contributed by atoms with E-state index in [1.54, 1.807) is 12.0 Å². The van der Waals surface area contributed by atoms with Gasteiger partial charge >= 0.3 is 0 Å². The summed E-state index contributed by atoms with van der Waals surface area (Å²) >= 11 is 1.48. The summed E-state index contributed by atoms with van der Waals surface area (Å²) in [7, 11) is 1.64. The van der Waals surface area contributed by atoms with Gasteiger partial charge in [0.1, 0.15) is 16.5 Å². The Bertz CT molecular complexity index is 654. The average molecular weight is 318 g/mol. The van der Waals surface area contributed by atoms with Gasteiger partial charge in [-0.15, -0.1) is 11.3 Å². The number of nitrogens with zero attached hydrogens (tertiary/aromatic N) is 2. The van der Waals surface area contributed by atoms with E-state index in [9.17, 15) is 4.79 Å². The van der Waals surface area contributed by atoms with E-state index in [0.29, 0.717) is 25.4 Å². The number of benzene rings is 1. The van der Waals surface area contributed by atoms with Crippen molar-refractivity contribution in [1.82, 2.24) is 9.88 Å². The van der Waals surface area contributed by atoms with Gasteiger partial charge in [-0.05, 0) is 31.2 Å². The Kier molecular flexibility index (Phi) is 4.40. The lowest BCUT2D eigenvalue weighted by Gasteiger charge is -2.30. The first-order valence-corrected chi connectivity index (χ1v) is 8.06. The summed E-state index contributed by atoms with van der Waals surface area (Å²) in [6, 6.07) is 7.68. The smallest absolute Gasteiger partial charge is 0.273 e. The molecule has 22 heavy (non-hydrogen) atoms. The second kappa shape index (κ2) is 6.46. The Morgan fingerprint density at radius 2 is 2.18 bits per heavy atom. The van der Waals surface area contributed by atoms with Crippen molar-refractivity contribution in [3.05, 3.63) is 35.3 Å². The molecule has 0 saturated carbocycles. The van der Waals surface area contributed by atoms with Crippen molar-refractivity contribution in [3.8, 4) is 16.3 Å². The van der Waals surface area contributed by atoms with Gasteiger partial charge in [0.05, 0.1) is 19.8 Å². The normalized spacial score (nSPS) is 18.3. The Labute approximate surface area is 133 Å².